The number of aromatic nitrogens is 1. The highest BCUT2D eigenvalue weighted by Crippen LogP contribution is 2.52. The number of carbonyl (C=O) groups excluding carboxylic acids is 1. The third-order valence-electron chi connectivity index (χ3n) is 5.72. The Labute approximate surface area is 130 Å². The minimum atomic E-state index is -0.331. The maximum Gasteiger partial charge on any atom is 0.242 e. The first-order chi connectivity index (χ1) is 10.7. The lowest BCUT2D eigenvalue weighted by molar-refractivity contribution is -0.179. The molecule has 2 unspecified atom stereocenters. The molecule has 22 heavy (non-hydrogen) atoms. The second kappa shape index (κ2) is 5.32. The molecule has 1 aromatic heterocycles. The van der Waals surface area contributed by atoms with E-state index in [0.717, 1.165) is 32.4 Å². The smallest absolute Gasteiger partial charge is 0.242 e. The number of pyridine rings is 1. The van der Waals surface area contributed by atoms with E-state index in [0.29, 0.717) is 17.9 Å². The van der Waals surface area contributed by atoms with Gasteiger partial charge < -0.3 is 10.1 Å². The Balaban J connectivity index is 1.39. The summed E-state index contributed by atoms with van der Waals surface area (Å²) in [6.07, 6.45) is 8.92. The number of nitrogens with zero attached hydrogens (tertiary/aromatic N) is 3. The number of carbonyl (C=O) groups is 1. The Morgan fingerprint density at radius 2 is 2.00 bits per heavy atom. The fourth-order valence-corrected chi connectivity index (χ4v) is 4.04. The standard InChI is InChI=1S/C17H23N3O2/c21-16(15-1-5-17(6-7-17)12-20(15)22)19-10-4-14(11-19)13-2-8-18-9-3-13/h2-3,8-9,14-15,22H,1,4-7,10-12H2. The molecule has 1 aliphatic carbocycles. The first-order valence-corrected chi connectivity index (χ1v) is 8.31. The Morgan fingerprint density at radius 3 is 2.68 bits per heavy atom. The van der Waals surface area contributed by atoms with Gasteiger partial charge in [0.05, 0.1) is 0 Å². The van der Waals surface area contributed by atoms with Crippen LogP contribution in [0.5, 0.6) is 0 Å². The lowest BCUT2D eigenvalue weighted by Gasteiger charge is -2.36. The van der Waals surface area contributed by atoms with Crippen molar-refractivity contribution in [3.8, 4) is 0 Å². The summed E-state index contributed by atoms with van der Waals surface area (Å²) < 4.78 is 0. The fraction of sp³-hybridized carbons (Fsp3) is 0.647. The van der Waals surface area contributed by atoms with Gasteiger partial charge in [0, 0.05) is 37.9 Å². The summed E-state index contributed by atoms with van der Waals surface area (Å²) in [5.74, 6) is 0.506. The SMILES string of the molecule is O=C(C1CCC2(CC2)CN1O)N1CCC(c2ccncc2)C1. The van der Waals surface area contributed by atoms with Crippen molar-refractivity contribution in [3.05, 3.63) is 30.1 Å². The summed E-state index contributed by atoms with van der Waals surface area (Å²) in [5, 5.41) is 11.6. The molecular formula is C17H23N3O2. The van der Waals surface area contributed by atoms with Crippen LogP contribution >= 0.6 is 0 Å². The summed E-state index contributed by atoms with van der Waals surface area (Å²) in [7, 11) is 0. The van der Waals surface area contributed by atoms with E-state index >= 15 is 0 Å². The molecule has 5 nitrogen and oxygen atoms in total. The molecule has 3 heterocycles. The summed E-state index contributed by atoms with van der Waals surface area (Å²) >= 11 is 0. The van der Waals surface area contributed by atoms with Crippen molar-refractivity contribution in [1.29, 1.82) is 0 Å². The van der Waals surface area contributed by atoms with Crippen molar-refractivity contribution in [2.75, 3.05) is 19.6 Å². The molecule has 2 atom stereocenters. The highest BCUT2D eigenvalue weighted by molar-refractivity contribution is 5.82. The van der Waals surface area contributed by atoms with Crippen LogP contribution in [-0.2, 0) is 4.79 Å². The fourth-order valence-electron chi connectivity index (χ4n) is 4.04. The number of rotatable bonds is 2. The zero-order valence-corrected chi connectivity index (χ0v) is 12.8. The highest BCUT2D eigenvalue weighted by Gasteiger charge is 2.50. The van der Waals surface area contributed by atoms with Gasteiger partial charge in [0.1, 0.15) is 6.04 Å². The molecule has 118 valence electrons. The van der Waals surface area contributed by atoms with Crippen LogP contribution < -0.4 is 0 Å². The van der Waals surface area contributed by atoms with E-state index in [4.69, 9.17) is 0 Å². The van der Waals surface area contributed by atoms with Crippen molar-refractivity contribution in [2.45, 2.75) is 44.1 Å². The molecule has 3 fully saturated rings. The minimum Gasteiger partial charge on any atom is -0.341 e. The van der Waals surface area contributed by atoms with Crippen molar-refractivity contribution in [1.82, 2.24) is 14.9 Å². The molecule has 4 rings (SSSR count). The van der Waals surface area contributed by atoms with E-state index in [1.807, 2.05) is 29.4 Å². The van der Waals surface area contributed by atoms with Crippen LogP contribution in [-0.4, -0.2) is 51.7 Å². The number of piperidine rings is 1. The Morgan fingerprint density at radius 1 is 1.23 bits per heavy atom. The van der Waals surface area contributed by atoms with Crippen LogP contribution in [0.4, 0.5) is 0 Å². The maximum absolute atomic E-state index is 12.7. The van der Waals surface area contributed by atoms with Crippen LogP contribution in [0, 0.1) is 5.41 Å². The number of likely N-dealkylation sites (tertiary alicyclic amines) is 1. The van der Waals surface area contributed by atoms with Crippen LogP contribution in [0.3, 0.4) is 0 Å². The molecule has 1 saturated carbocycles. The third kappa shape index (κ3) is 2.52. The topological polar surface area (TPSA) is 56.7 Å². The Bertz CT molecular complexity index is 558. The molecule has 1 spiro atoms. The van der Waals surface area contributed by atoms with Gasteiger partial charge in [-0.2, -0.15) is 5.06 Å². The highest BCUT2D eigenvalue weighted by atomic mass is 16.5. The molecule has 2 saturated heterocycles. The van der Waals surface area contributed by atoms with Gasteiger partial charge in [-0.3, -0.25) is 9.78 Å². The average molecular weight is 301 g/mol. The van der Waals surface area contributed by atoms with Gasteiger partial charge >= 0.3 is 0 Å². The quantitative estimate of drug-likeness (QED) is 0.908. The second-order valence-corrected chi connectivity index (χ2v) is 7.20. The Hall–Kier alpha value is -1.46. The molecule has 1 amide bonds. The average Bonchev–Trinajstić information content (AvgIpc) is 3.10. The Kier molecular flexibility index (Phi) is 3.42. The van der Waals surface area contributed by atoms with Crippen molar-refractivity contribution >= 4 is 5.91 Å². The first-order valence-electron chi connectivity index (χ1n) is 8.31. The molecule has 1 aromatic rings. The number of amides is 1. The van der Waals surface area contributed by atoms with Crippen molar-refractivity contribution < 1.29 is 10.0 Å². The van der Waals surface area contributed by atoms with Gasteiger partial charge in [-0.25, -0.2) is 0 Å². The van der Waals surface area contributed by atoms with Crippen LogP contribution in [0.1, 0.15) is 43.6 Å². The molecule has 0 bridgehead atoms. The largest absolute Gasteiger partial charge is 0.341 e. The molecule has 5 heteroatoms. The van der Waals surface area contributed by atoms with E-state index in [1.165, 1.54) is 23.5 Å². The van der Waals surface area contributed by atoms with Crippen LogP contribution in [0.25, 0.3) is 0 Å². The molecule has 0 radical (unpaired) electrons. The molecule has 3 aliphatic rings. The summed E-state index contributed by atoms with van der Waals surface area (Å²) in [6, 6.07) is 3.74. The number of hydrogen-bond donors (Lipinski definition) is 1. The predicted molar refractivity (Wildman–Crippen MR) is 81.4 cm³/mol. The lowest BCUT2D eigenvalue weighted by atomic mass is 9.91. The zero-order valence-electron chi connectivity index (χ0n) is 12.8. The number of hydroxylamine groups is 2. The van der Waals surface area contributed by atoms with E-state index in [9.17, 15) is 10.0 Å². The van der Waals surface area contributed by atoms with Gasteiger partial charge in [-0.05, 0) is 55.2 Å². The second-order valence-electron chi connectivity index (χ2n) is 7.20. The van der Waals surface area contributed by atoms with Gasteiger partial charge in [0.2, 0.25) is 5.91 Å². The van der Waals surface area contributed by atoms with Crippen molar-refractivity contribution in [3.63, 3.8) is 0 Å². The predicted octanol–water partition coefficient (Wildman–Crippen LogP) is 2.03. The number of hydrogen-bond acceptors (Lipinski definition) is 4. The van der Waals surface area contributed by atoms with E-state index in [2.05, 4.69) is 4.98 Å². The van der Waals surface area contributed by atoms with Crippen molar-refractivity contribution in [2.24, 2.45) is 5.41 Å². The van der Waals surface area contributed by atoms with Gasteiger partial charge in [0.15, 0.2) is 0 Å². The maximum atomic E-state index is 12.7. The van der Waals surface area contributed by atoms with E-state index in [-0.39, 0.29) is 11.9 Å². The molecule has 1 N–H and O–H groups in total. The summed E-state index contributed by atoms with van der Waals surface area (Å²) in [6.45, 7) is 2.23. The van der Waals surface area contributed by atoms with E-state index in [1.54, 1.807) is 0 Å². The van der Waals surface area contributed by atoms with E-state index < -0.39 is 0 Å². The zero-order chi connectivity index (χ0) is 15.2. The van der Waals surface area contributed by atoms with Gasteiger partial charge in [-0.1, -0.05) is 0 Å². The van der Waals surface area contributed by atoms with Gasteiger partial charge in [-0.15, -0.1) is 0 Å². The molecular weight excluding hydrogens is 278 g/mol. The van der Waals surface area contributed by atoms with Gasteiger partial charge in [0.25, 0.3) is 0 Å². The third-order valence-corrected chi connectivity index (χ3v) is 5.72. The minimum absolute atomic E-state index is 0.106. The molecule has 2 aliphatic heterocycles. The summed E-state index contributed by atoms with van der Waals surface area (Å²) in [4.78, 5) is 18.7. The first kappa shape index (κ1) is 14.2. The molecule has 0 aromatic carbocycles. The normalized spacial score (nSPS) is 30.7. The van der Waals surface area contributed by atoms with Crippen LogP contribution in [0.15, 0.2) is 24.5 Å². The lowest BCUT2D eigenvalue weighted by Crippen LogP contribution is -2.51. The van der Waals surface area contributed by atoms with Crippen LogP contribution in [0.2, 0.25) is 0 Å². The summed E-state index contributed by atoms with van der Waals surface area (Å²) in [5.41, 5.74) is 1.59. The monoisotopic (exact) mass is 301 g/mol.